The molecule has 0 bridgehead atoms. The molecule has 3 aliphatic rings. The minimum Gasteiger partial charge on any atom is -0.359 e. The van der Waals surface area contributed by atoms with Gasteiger partial charge in [0.2, 0.25) is 11.8 Å². The lowest BCUT2D eigenvalue weighted by molar-refractivity contribution is -0.135. The van der Waals surface area contributed by atoms with Crippen LogP contribution in [0, 0.1) is 31.1 Å². The highest BCUT2D eigenvalue weighted by Crippen LogP contribution is 2.54. The van der Waals surface area contributed by atoms with E-state index in [1.807, 2.05) is 94.3 Å². The largest absolute Gasteiger partial charge is 0.359 e. The summed E-state index contributed by atoms with van der Waals surface area (Å²) in [6.45, 7) is 9.54. The lowest BCUT2D eigenvalue weighted by Gasteiger charge is -2.37. The predicted octanol–water partition coefficient (Wildman–Crippen LogP) is 4.43. The van der Waals surface area contributed by atoms with Gasteiger partial charge < -0.3 is 4.90 Å². The molecule has 5 rings (SSSR count). The van der Waals surface area contributed by atoms with Crippen molar-refractivity contribution >= 4 is 29.4 Å². The Hall–Kier alpha value is -3.21. The van der Waals surface area contributed by atoms with Crippen LogP contribution in [0.25, 0.3) is 6.08 Å². The molecule has 5 heteroatoms. The number of carbonyl (C=O) groups is 3. The fourth-order valence-electron chi connectivity index (χ4n) is 5.64. The molecule has 0 unspecified atom stereocenters. The highest BCUT2D eigenvalue weighted by molar-refractivity contribution is 6.24. The SMILES string of the molecule is Cc1cc(C)cc(N2C(=O)[C@@H]3[C@H](C2=O)[C@@H]2c4ccccc4C=CN2[C@H]3C(=O)C(C)(C)C)c1. The summed E-state index contributed by atoms with van der Waals surface area (Å²) in [6.07, 6.45) is 3.88. The van der Waals surface area contributed by atoms with Gasteiger partial charge in [0.1, 0.15) is 6.04 Å². The van der Waals surface area contributed by atoms with Crippen LogP contribution in [0.2, 0.25) is 0 Å². The molecule has 0 radical (unpaired) electrons. The van der Waals surface area contributed by atoms with Gasteiger partial charge in [-0.3, -0.25) is 14.4 Å². The smallest absolute Gasteiger partial charge is 0.240 e. The maximum Gasteiger partial charge on any atom is 0.240 e. The summed E-state index contributed by atoms with van der Waals surface area (Å²) < 4.78 is 0. The summed E-state index contributed by atoms with van der Waals surface area (Å²) in [5, 5.41) is 0. The van der Waals surface area contributed by atoms with Crippen molar-refractivity contribution in [3.63, 3.8) is 0 Å². The summed E-state index contributed by atoms with van der Waals surface area (Å²) in [5.74, 6) is -1.79. The van der Waals surface area contributed by atoms with Crippen molar-refractivity contribution in [2.24, 2.45) is 17.3 Å². The molecule has 2 saturated heterocycles. The van der Waals surface area contributed by atoms with Gasteiger partial charge in [0, 0.05) is 11.6 Å². The number of nitrogens with zero attached hydrogens (tertiary/aromatic N) is 2. The van der Waals surface area contributed by atoms with E-state index in [2.05, 4.69) is 0 Å². The second-order valence-corrected chi connectivity index (χ2v) is 10.3. The van der Waals surface area contributed by atoms with E-state index in [-0.39, 0.29) is 23.6 Å². The number of aryl methyl sites for hydroxylation is 2. The molecule has 0 aromatic heterocycles. The molecule has 32 heavy (non-hydrogen) atoms. The molecule has 0 spiro atoms. The number of Topliss-reactive ketones (excluding diaryl/α,β-unsaturated/α-hetero) is 1. The number of hydrogen-bond donors (Lipinski definition) is 0. The van der Waals surface area contributed by atoms with Crippen LogP contribution in [-0.4, -0.2) is 28.5 Å². The van der Waals surface area contributed by atoms with Crippen LogP contribution in [0.3, 0.4) is 0 Å². The Morgan fingerprint density at radius 2 is 1.53 bits per heavy atom. The highest BCUT2D eigenvalue weighted by atomic mass is 16.2. The first-order valence-electron chi connectivity index (χ1n) is 11.1. The lowest BCUT2D eigenvalue weighted by atomic mass is 9.79. The number of imide groups is 1. The van der Waals surface area contributed by atoms with Gasteiger partial charge in [-0.15, -0.1) is 0 Å². The maximum absolute atomic E-state index is 13.8. The molecule has 0 N–H and O–H groups in total. The second kappa shape index (κ2) is 6.89. The first kappa shape index (κ1) is 20.7. The minimum atomic E-state index is -0.698. The summed E-state index contributed by atoms with van der Waals surface area (Å²) in [7, 11) is 0. The zero-order valence-corrected chi connectivity index (χ0v) is 19.1. The summed E-state index contributed by atoms with van der Waals surface area (Å²) in [4.78, 5) is 44.6. The van der Waals surface area contributed by atoms with Crippen molar-refractivity contribution < 1.29 is 14.4 Å². The molecule has 164 valence electrons. The predicted molar refractivity (Wildman–Crippen MR) is 124 cm³/mol. The van der Waals surface area contributed by atoms with Crippen LogP contribution in [0.5, 0.6) is 0 Å². The van der Waals surface area contributed by atoms with Crippen LogP contribution < -0.4 is 4.90 Å². The fraction of sp³-hybridized carbons (Fsp3) is 0.370. The van der Waals surface area contributed by atoms with Crippen molar-refractivity contribution in [1.29, 1.82) is 0 Å². The van der Waals surface area contributed by atoms with E-state index in [1.54, 1.807) is 0 Å². The standard InChI is InChI=1S/C27H28N2O3/c1-15-12-16(2)14-18(13-15)29-25(31)20-21(26(29)32)23(24(30)27(3,4)5)28-11-10-17-8-6-7-9-19(17)22(20)28/h6-14,20-23H,1-5H3/t20-,21+,22-,23+/m0/s1. The molecule has 5 nitrogen and oxygen atoms in total. The van der Waals surface area contributed by atoms with E-state index in [1.165, 1.54) is 4.90 Å². The average molecular weight is 429 g/mol. The van der Waals surface area contributed by atoms with Crippen molar-refractivity contribution in [2.45, 2.75) is 46.7 Å². The molecule has 3 aliphatic heterocycles. The molecule has 0 aliphatic carbocycles. The van der Waals surface area contributed by atoms with Gasteiger partial charge >= 0.3 is 0 Å². The topological polar surface area (TPSA) is 57.7 Å². The molecule has 2 amide bonds. The van der Waals surface area contributed by atoms with Crippen LogP contribution in [-0.2, 0) is 14.4 Å². The summed E-state index contributed by atoms with van der Waals surface area (Å²) in [5.41, 5.74) is 3.98. The van der Waals surface area contributed by atoms with Crippen LogP contribution in [0.4, 0.5) is 5.69 Å². The molecule has 4 atom stereocenters. The summed E-state index contributed by atoms with van der Waals surface area (Å²) in [6, 6.07) is 12.7. The number of benzene rings is 2. The number of rotatable bonds is 2. The molecule has 2 aromatic carbocycles. The van der Waals surface area contributed by atoms with Gasteiger partial charge in [-0.2, -0.15) is 0 Å². The number of fused-ring (bicyclic) bond motifs is 5. The third-order valence-corrected chi connectivity index (χ3v) is 6.93. The van der Waals surface area contributed by atoms with Crippen molar-refractivity contribution in [3.8, 4) is 0 Å². The van der Waals surface area contributed by atoms with E-state index in [0.29, 0.717) is 5.69 Å². The van der Waals surface area contributed by atoms with Crippen LogP contribution in [0.15, 0.2) is 48.7 Å². The number of anilines is 1. The van der Waals surface area contributed by atoms with E-state index >= 15 is 0 Å². The Labute approximate surface area is 188 Å². The Kier molecular flexibility index (Phi) is 4.45. The summed E-state index contributed by atoms with van der Waals surface area (Å²) >= 11 is 0. The van der Waals surface area contributed by atoms with Crippen LogP contribution >= 0.6 is 0 Å². The second-order valence-electron chi connectivity index (χ2n) is 10.3. The zero-order chi connectivity index (χ0) is 22.9. The number of amides is 2. The number of ketones is 1. The molecular weight excluding hydrogens is 400 g/mol. The Bertz CT molecular complexity index is 1170. The zero-order valence-electron chi connectivity index (χ0n) is 19.1. The lowest BCUT2D eigenvalue weighted by Crippen LogP contribution is -2.47. The van der Waals surface area contributed by atoms with Gasteiger partial charge in [-0.1, -0.05) is 51.1 Å². The van der Waals surface area contributed by atoms with Gasteiger partial charge in [0.05, 0.1) is 23.6 Å². The van der Waals surface area contributed by atoms with Gasteiger partial charge in [-0.25, -0.2) is 4.90 Å². The van der Waals surface area contributed by atoms with E-state index in [0.717, 1.165) is 22.3 Å². The quantitative estimate of drug-likeness (QED) is 0.664. The third-order valence-electron chi connectivity index (χ3n) is 6.93. The Balaban J connectivity index is 1.68. The molecule has 3 heterocycles. The number of carbonyl (C=O) groups excluding carboxylic acids is 3. The maximum atomic E-state index is 13.8. The van der Waals surface area contributed by atoms with E-state index in [4.69, 9.17) is 0 Å². The van der Waals surface area contributed by atoms with E-state index < -0.39 is 23.3 Å². The first-order valence-corrected chi connectivity index (χ1v) is 11.1. The Morgan fingerprint density at radius 3 is 2.19 bits per heavy atom. The van der Waals surface area contributed by atoms with Crippen molar-refractivity contribution in [2.75, 3.05) is 4.90 Å². The minimum absolute atomic E-state index is 0.0116. The van der Waals surface area contributed by atoms with Gasteiger partial charge in [-0.05, 0) is 54.3 Å². The van der Waals surface area contributed by atoms with Crippen molar-refractivity contribution in [3.05, 3.63) is 70.9 Å². The number of hydrogen-bond acceptors (Lipinski definition) is 4. The average Bonchev–Trinajstić information content (AvgIpc) is 3.19. The van der Waals surface area contributed by atoms with Crippen LogP contribution in [0.1, 0.15) is 49.1 Å². The van der Waals surface area contributed by atoms with Gasteiger partial charge in [0.25, 0.3) is 0 Å². The monoisotopic (exact) mass is 428 g/mol. The molecule has 0 saturated carbocycles. The molecule has 2 aromatic rings. The first-order chi connectivity index (χ1) is 15.1. The molecular formula is C27H28N2O3. The molecule has 2 fully saturated rings. The Morgan fingerprint density at radius 1 is 0.906 bits per heavy atom. The third kappa shape index (κ3) is 2.87. The van der Waals surface area contributed by atoms with Crippen molar-refractivity contribution in [1.82, 2.24) is 4.90 Å². The highest BCUT2D eigenvalue weighted by Gasteiger charge is 2.65. The van der Waals surface area contributed by atoms with E-state index in [9.17, 15) is 14.4 Å². The van der Waals surface area contributed by atoms with Gasteiger partial charge in [0.15, 0.2) is 5.78 Å². The normalized spacial score (nSPS) is 26.3. The fourth-order valence-corrected chi connectivity index (χ4v) is 5.64.